The van der Waals surface area contributed by atoms with Gasteiger partial charge >= 0.3 is 0 Å². The lowest BCUT2D eigenvalue weighted by molar-refractivity contribution is 0.199. The van der Waals surface area contributed by atoms with E-state index in [0.717, 1.165) is 5.56 Å². The summed E-state index contributed by atoms with van der Waals surface area (Å²) in [6.45, 7) is 5.22. The molecule has 10 heavy (non-hydrogen) atoms. The Kier molecular flexibility index (Phi) is 1.87. The molecule has 1 rings (SSSR count). The number of rotatable bonds is 2. The number of nitrogens with zero attached hydrogens (tertiary/aromatic N) is 2. The first-order valence-electron chi connectivity index (χ1n) is 3.08. The Labute approximate surface area is 59.6 Å². The molecule has 0 spiro atoms. The average Bonchev–Trinajstić information content (AvgIpc) is 2.34. The summed E-state index contributed by atoms with van der Waals surface area (Å²) < 4.78 is 1.56. The van der Waals surface area contributed by atoms with Crippen molar-refractivity contribution in [2.75, 3.05) is 0 Å². The zero-order valence-electron chi connectivity index (χ0n) is 5.86. The minimum Gasteiger partial charge on any atom is -0.389 e. The minimum absolute atomic E-state index is 0.450. The molecular weight excluding hydrogens is 128 g/mol. The number of aliphatic hydroxyl groups excluding tert-OH is 1. The Morgan fingerprint density at radius 1 is 1.90 bits per heavy atom. The van der Waals surface area contributed by atoms with Crippen LogP contribution in [0.5, 0.6) is 0 Å². The standard InChI is InChI=1S/C7H10N2O/c1-3-9-5-7(4-8-9)6(2)10/h3-6,10H,1H2,2H3/t6-/m1/s1. The fourth-order valence-corrected chi connectivity index (χ4v) is 0.668. The lowest BCUT2D eigenvalue weighted by atomic mass is 10.2. The smallest absolute Gasteiger partial charge is 0.0792 e. The van der Waals surface area contributed by atoms with E-state index in [0.29, 0.717) is 0 Å². The van der Waals surface area contributed by atoms with Crippen molar-refractivity contribution in [3.8, 4) is 0 Å². The summed E-state index contributed by atoms with van der Waals surface area (Å²) in [5.74, 6) is 0. The van der Waals surface area contributed by atoms with Crippen molar-refractivity contribution < 1.29 is 5.11 Å². The molecular formula is C7H10N2O. The first kappa shape index (κ1) is 7.02. The second-order valence-corrected chi connectivity index (χ2v) is 2.11. The molecule has 1 heterocycles. The van der Waals surface area contributed by atoms with Crippen LogP contribution >= 0.6 is 0 Å². The van der Waals surface area contributed by atoms with Gasteiger partial charge in [0, 0.05) is 18.0 Å². The fourth-order valence-electron chi connectivity index (χ4n) is 0.668. The molecule has 3 nitrogen and oxygen atoms in total. The van der Waals surface area contributed by atoms with E-state index in [4.69, 9.17) is 5.11 Å². The normalized spacial score (nSPS) is 13.0. The highest BCUT2D eigenvalue weighted by molar-refractivity contribution is 5.18. The van der Waals surface area contributed by atoms with Gasteiger partial charge in [0.25, 0.3) is 0 Å². The second kappa shape index (κ2) is 2.66. The molecule has 0 saturated carbocycles. The van der Waals surface area contributed by atoms with Gasteiger partial charge in [-0.25, -0.2) is 4.68 Å². The zero-order chi connectivity index (χ0) is 7.56. The maximum absolute atomic E-state index is 9.04. The Morgan fingerprint density at radius 2 is 2.60 bits per heavy atom. The maximum Gasteiger partial charge on any atom is 0.0792 e. The number of hydrogen-bond acceptors (Lipinski definition) is 2. The quantitative estimate of drug-likeness (QED) is 0.663. The monoisotopic (exact) mass is 138 g/mol. The Hall–Kier alpha value is -1.09. The van der Waals surface area contributed by atoms with Crippen molar-refractivity contribution in [2.24, 2.45) is 0 Å². The van der Waals surface area contributed by atoms with Crippen molar-refractivity contribution in [2.45, 2.75) is 13.0 Å². The zero-order valence-corrected chi connectivity index (χ0v) is 5.86. The third kappa shape index (κ3) is 1.25. The summed E-state index contributed by atoms with van der Waals surface area (Å²) in [4.78, 5) is 0. The molecule has 0 fully saturated rings. The SMILES string of the molecule is C=Cn1cc([C@@H](C)O)cn1. The van der Waals surface area contributed by atoms with Crippen LogP contribution in [0.4, 0.5) is 0 Å². The average molecular weight is 138 g/mol. The van der Waals surface area contributed by atoms with Crippen molar-refractivity contribution in [3.63, 3.8) is 0 Å². The van der Waals surface area contributed by atoms with Gasteiger partial charge in [0.15, 0.2) is 0 Å². The number of hydrogen-bond donors (Lipinski definition) is 1. The van der Waals surface area contributed by atoms with E-state index >= 15 is 0 Å². The lowest BCUT2D eigenvalue weighted by Crippen LogP contribution is -1.87. The van der Waals surface area contributed by atoms with Crippen LogP contribution in [0.25, 0.3) is 6.20 Å². The van der Waals surface area contributed by atoms with E-state index in [9.17, 15) is 0 Å². The van der Waals surface area contributed by atoms with Gasteiger partial charge in [0.05, 0.1) is 12.3 Å². The van der Waals surface area contributed by atoms with Crippen molar-refractivity contribution >= 4 is 6.20 Å². The molecule has 0 radical (unpaired) electrons. The van der Waals surface area contributed by atoms with Gasteiger partial charge in [0.1, 0.15) is 0 Å². The van der Waals surface area contributed by atoms with Crippen molar-refractivity contribution in [1.29, 1.82) is 0 Å². The van der Waals surface area contributed by atoms with Crippen LogP contribution in [0.2, 0.25) is 0 Å². The van der Waals surface area contributed by atoms with Crippen molar-refractivity contribution in [3.05, 3.63) is 24.5 Å². The summed E-state index contributed by atoms with van der Waals surface area (Å²) in [7, 11) is 0. The van der Waals surface area contributed by atoms with Crippen LogP contribution in [0.15, 0.2) is 19.0 Å². The molecule has 54 valence electrons. The topological polar surface area (TPSA) is 38.0 Å². The Bertz CT molecular complexity index is 227. The summed E-state index contributed by atoms with van der Waals surface area (Å²) >= 11 is 0. The molecule has 0 unspecified atom stereocenters. The molecule has 3 heteroatoms. The van der Waals surface area contributed by atoms with E-state index in [2.05, 4.69) is 11.7 Å². The summed E-state index contributed by atoms with van der Waals surface area (Å²) in [5, 5.41) is 12.9. The molecule has 0 bridgehead atoms. The number of aliphatic hydroxyl groups is 1. The second-order valence-electron chi connectivity index (χ2n) is 2.11. The van der Waals surface area contributed by atoms with Gasteiger partial charge in [-0.15, -0.1) is 0 Å². The summed E-state index contributed by atoms with van der Waals surface area (Å²) in [5.41, 5.74) is 0.805. The van der Waals surface area contributed by atoms with E-state index in [1.807, 2.05) is 0 Å². The highest BCUT2D eigenvalue weighted by atomic mass is 16.3. The Balaban J connectivity index is 2.88. The van der Waals surface area contributed by atoms with Gasteiger partial charge in [0.2, 0.25) is 0 Å². The van der Waals surface area contributed by atoms with Crippen LogP contribution in [0.1, 0.15) is 18.6 Å². The van der Waals surface area contributed by atoms with Gasteiger partial charge in [-0.1, -0.05) is 6.58 Å². The molecule has 0 aliphatic heterocycles. The summed E-state index contributed by atoms with van der Waals surface area (Å²) in [6.07, 6.45) is 4.48. The van der Waals surface area contributed by atoms with Crippen LogP contribution in [0.3, 0.4) is 0 Å². The minimum atomic E-state index is -0.450. The van der Waals surface area contributed by atoms with Gasteiger partial charge in [-0.05, 0) is 6.92 Å². The van der Waals surface area contributed by atoms with Crippen LogP contribution in [0, 0.1) is 0 Å². The molecule has 0 saturated heterocycles. The molecule has 0 aromatic carbocycles. The predicted octanol–water partition coefficient (Wildman–Crippen LogP) is 1.04. The van der Waals surface area contributed by atoms with Gasteiger partial charge < -0.3 is 5.11 Å². The predicted molar refractivity (Wildman–Crippen MR) is 39.2 cm³/mol. The third-order valence-electron chi connectivity index (χ3n) is 1.29. The lowest BCUT2D eigenvalue weighted by Gasteiger charge is -1.95. The van der Waals surface area contributed by atoms with Gasteiger partial charge in [-0.2, -0.15) is 5.10 Å². The summed E-state index contributed by atoms with van der Waals surface area (Å²) in [6, 6.07) is 0. The van der Waals surface area contributed by atoms with Gasteiger partial charge in [-0.3, -0.25) is 0 Å². The number of aromatic nitrogens is 2. The molecule has 0 amide bonds. The molecule has 1 N–H and O–H groups in total. The molecule has 0 aliphatic carbocycles. The van der Waals surface area contributed by atoms with E-state index in [1.165, 1.54) is 0 Å². The maximum atomic E-state index is 9.04. The van der Waals surface area contributed by atoms with E-state index in [-0.39, 0.29) is 0 Å². The first-order valence-corrected chi connectivity index (χ1v) is 3.08. The largest absolute Gasteiger partial charge is 0.389 e. The molecule has 1 aromatic rings. The first-order chi connectivity index (χ1) is 4.74. The Morgan fingerprint density at radius 3 is 2.90 bits per heavy atom. The molecule has 1 aromatic heterocycles. The van der Waals surface area contributed by atoms with Crippen LogP contribution in [-0.4, -0.2) is 14.9 Å². The fraction of sp³-hybridized carbons (Fsp3) is 0.286. The van der Waals surface area contributed by atoms with Crippen molar-refractivity contribution in [1.82, 2.24) is 9.78 Å². The van der Waals surface area contributed by atoms with E-state index < -0.39 is 6.10 Å². The van der Waals surface area contributed by atoms with E-state index in [1.54, 1.807) is 30.2 Å². The third-order valence-corrected chi connectivity index (χ3v) is 1.29. The molecule has 1 atom stereocenters. The highest BCUT2D eigenvalue weighted by Gasteiger charge is 2.01. The molecule has 0 aliphatic rings. The van der Waals surface area contributed by atoms with Crippen LogP contribution in [-0.2, 0) is 0 Å². The highest BCUT2D eigenvalue weighted by Crippen LogP contribution is 2.09. The van der Waals surface area contributed by atoms with Crippen LogP contribution < -0.4 is 0 Å².